The first-order chi connectivity index (χ1) is 15.2. The number of hydrazine groups is 1. The van der Waals surface area contributed by atoms with Crippen LogP contribution in [-0.4, -0.2) is 37.2 Å². The van der Waals surface area contributed by atoms with Gasteiger partial charge in [-0.2, -0.15) is 0 Å². The van der Waals surface area contributed by atoms with Crippen molar-refractivity contribution < 1.29 is 19.1 Å². The van der Waals surface area contributed by atoms with Gasteiger partial charge in [-0.25, -0.2) is 9.80 Å². The second-order valence-corrected chi connectivity index (χ2v) is 7.62. The van der Waals surface area contributed by atoms with Crippen molar-refractivity contribution in [2.45, 2.75) is 25.3 Å². The molecule has 0 radical (unpaired) electrons. The standard InChI is InChI=1S/C25H26N2O4/c1-30-17-23(29)31-16-22(28)27-25(19-11-6-3-7-12-19)21-14-8-13-20(24(21)26-27)15-18-9-4-2-5-10-18/h2-7,9-12,15,25-26H,8,13-14,16-17H2,1H3/b20-15+/t25-/m1/s1. The van der Waals surface area contributed by atoms with Crippen molar-refractivity contribution >= 4 is 18.0 Å². The molecule has 1 atom stereocenters. The number of methoxy groups -OCH3 is 1. The average molecular weight is 418 g/mol. The quantitative estimate of drug-likeness (QED) is 0.723. The number of hydrogen-bond acceptors (Lipinski definition) is 5. The Hall–Kier alpha value is -3.38. The lowest BCUT2D eigenvalue weighted by Crippen LogP contribution is -2.42. The zero-order chi connectivity index (χ0) is 21.6. The highest BCUT2D eigenvalue weighted by molar-refractivity contribution is 5.82. The third-order valence-electron chi connectivity index (χ3n) is 5.50. The topological polar surface area (TPSA) is 67.9 Å². The van der Waals surface area contributed by atoms with Crippen molar-refractivity contribution in [1.29, 1.82) is 0 Å². The van der Waals surface area contributed by atoms with Crippen molar-refractivity contribution in [3.05, 3.63) is 88.6 Å². The number of nitrogens with one attached hydrogen (secondary N) is 1. The van der Waals surface area contributed by atoms with E-state index >= 15 is 0 Å². The molecule has 1 aliphatic heterocycles. The summed E-state index contributed by atoms with van der Waals surface area (Å²) in [7, 11) is 1.41. The molecule has 1 amide bonds. The van der Waals surface area contributed by atoms with Crippen molar-refractivity contribution in [2.75, 3.05) is 20.3 Å². The number of hydrogen-bond donors (Lipinski definition) is 1. The lowest BCUT2D eigenvalue weighted by molar-refractivity contribution is -0.156. The molecule has 0 saturated carbocycles. The Kier molecular flexibility index (Phi) is 6.48. The van der Waals surface area contributed by atoms with Gasteiger partial charge in [-0.3, -0.25) is 10.2 Å². The molecule has 0 aromatic heterocycles. The van der Waals surface area contributed by atoms with Gasteiger partial charge >= 0.3 is 5.97 Å². The SMILES string of the molecule is COCC(=O)OCC(=O)N1NC2=C(CCC/C2=C\c2ccccc2)[C@H]1c1ccccc1. The predicted octanol–water partition coefficient (Wildman–Crippen LogP) is 3.79. The average Bonchev–Trinajstić information content (AvgIpc) is 3.20. The van der Waals surface area contributed by atoms with Gasteiger partial charge in [-0.1, -0.05) is 60.7 Å². The molecule has 4 rings (SSSR count). The van der Waals surface area contributed by atoms with E-state index in [1.165, 1.54) is 18.3 Å². The number of allylic oxidation sites excluding steroid dienone is 1. The third-order valence-corrected chi connectivity index (χ3v) is 5.50. The van der Waals surface area contributed by atoms with E-state index in [0.29, 0.717) is 0 Å². The fourth-order valence-corrected chi connectivity index (χ4v) is 4.14. The number of carbonyl (C=O) groups excluding carboxylic acids is 2. The van der Waals surface area contributed by atoms with E-state index in [4.69, 9.17) is 9.47 Å². The largest absolute Gasteiger partial charge is 0.454 e. The first-order valence-electron chi connectivity index (χ1n) is 10.4. The van der Waals surface area contributed by atoms with Gasteiger partial charge < -0.3 is 9.47 Å². The maximum Gasteiger partial charge on any atom is 0.332 e. The minimum absolute atomic E-state index is 0.179. The monoisotopic (exact) mass is 418 g/mol. The number of amides is 1. The zero-order valence-corrected chi connectivity index (χ0v) is 17.5. The van der Waals surface area contributed by atoms with Crippen LogP contribution in [0.4, 0.5) is 0 Å². The summed E-state index contributed by atoms with van der Waals surface area (Å²) in [6, 6.07) is 19.9. The van der Waals surface area contributed by atoms with Gasteiger partial charge in [0, 0.05) is 7.11 Å². The van der Waals surface area contributed by atoms with Crippen molar-refractivity contribution in [3.63, 3.8) is 0 Å². The maximum atomic E-state index is 13.0. The number of rotatable bonds is 6. The van der Waals surface area contributed by atoms with E-state index in [-0.39, 0.29) is 25.2 Å². The molecule has 2 aromatic rings. The Balaban J connectivity index is 1.64. The molecule has 1 heterocycles. The Bertz CT molecular complexity index is 999. The van der Waals surface area contributed by atoms with Crippen LogP contribution in [0.5, 0.6) is 0 Å². The number of esters is 1. The maximum absolute atomic E-state index is 13.0. The van der Waals surface area contributed by atoms with Crippen LogP contribution in [0.2, 0.25) is 0 Å². The molecule has 6 heteroatoms. The number of benzene rings is 2. The van der Waals surface area contributed by atoms with E-state index in [9.17, 15) is 9.59 Å². The lowest BCUT2D eigenvalue weighted by atomic mass is 9.86. The van der Waals surface area contributed by atoms with Gasteiger partial charge in [-0.05, 0) is 47.6 Å². The molecule has 0 bridgehead atoms. The highest BCUT2D eigenvalue weighted by Crippen LogP contribution is 2.43. The van der Waals surface area contributed by atoms with Crippen LogP contribution < -0.4 is 5.43 Å². The molecular formula is C25H26N2O4. The summed E-state index contributed by atoms with van der Waals surface area (Å²) in [5.74, 6) is -0.861. The minimum atomic E-state index is -0.561. The van der Waals surface area contributed by atoms with Gasteiger partial charge in [0.25, 0.3) is 5.91 Å². The van der Waals surface area contributed by atoms with Crippen LogP contribution in [-0.2, 0) is 19.1 Å². The molecule has 2 aromatic carbocycles. The van der Waals surface area contributed by atoms with Crippen molar-refractivity contribution in [3.8, 4) is 0 Å². The minimum Gasteiger partial charge on any atom is -0.454 e. The van der Waals surface area contributed by atoms with Crippen LogP contribution in [0.3, 0.4) is 0 Å². The number of carbonyl (C=O) groups is 2. The first kappa shape index (κ1) is 20.9. The summed E-state index contributed by atoms with van der Waals surface area (Å²) in [6.45, 7) is -0.516. The van der Waals surface area contributed by atoms with Crippen LogP contribution >= 0.6 is 0 Å². The van der Waals surface area contributed by atoms with Gasteiger partial charge in [0.05, 0.1) is 5.70 Å². The molecule has 0 saturated heterocycles. The van der Waals surface area contributed by atoms with Crippen LogP contribution in [0.25, 0.3) is 6.08 Å². The molecule has 160 valence electrons. The second kappa shape index (κ2) is 9.62. The lowest BCUT2D eigenvalue weighted by Gasteiger charge is -2.26. The Morgan fingerprint density at radius 2 is 1.74 bits per heavy atom. The predicted molar refractivity (Wildman–Crippen MR) is 117 cm³/mol. The molecule has 1 aliphatic carbocycles. The van der Waals surface area contributed by atoms with E-state index in [0.717, 1.165) is 36.1 Å². The van der Waals surface area contributed by atoms with Gasteiger partial charge in [0.2, 0.25) is 0 Å². The van der Waals surface area contributed by atoms with Crippen LogP contribution in [0.15, 0.2) is 77.5 Å². The van der Waals surface area contributed by atoms with Gasteiger partial charge in [0.15, 0.2) is 6.61 Å². The first-order valence-corrected chi connectivity index (χ1v) is 10.4. The summed E-state index contributed by atoms with van der Waals surface area (Å²) in [5.41, 5.74) is 8.86. The molecule has 0 spiro atoms. The summed E-state index contributed by atoms with van der Waals surface area (Å²) in [6.07, 6.45) is 5.04. The third kappa shape index (κ3) is 4.70. The van der Waals surface area contributed by atoms with Gasteiger partial charge in [0.1, 0.15) is 12.6 Å². The number of ether oxygens (including phenoxy) is 2. The molecule has 0 fully saturated rings. The highest BCUT2D eigenvalue weighted by atomic mass is 16.6. The molecule has 2 aliphatic rings. The van der Waals surface area contributed by atoms with Crippen LogP contribution in [0, 0.1) is 0 Å². The zero-order valence-electron chi connectivity index (χ0n) is 17.5. The summed E-state index contributed by atoms with van der Waals surface area (Å²) < 4.78 is 9.86. The fraction of sp³-hybridized carbons (Fsp3) is 0.280. The summed E-state index contributed by atoms with van der Waals surface area (Å²) in [5, 5.41) is 1.60. The van der Waals surface area contributed by atoms with Crippen molar-refractivity contribution in [2.24, 2.45) is 0 Å². The molecule has 6 nitrogen and oxygen atoms in total. The summed E-state index contributed by atoms with van der Waals surface area (Å²) >= 11 is 0. The van der Waals surface area contributed by atoms with E-state index < -0.39 is 5.97 Å². The Morgan fingerprint density at radius 3 is 2.45 bits per heavy atom. The smallest absolute Gasteiger partial charge is 0.332 e. The van der Waals surface area contributed by atoms with E-state index in [1.807, 2.05) is 48.5 Å². The Morgan fingerprint density at radius 1 is 1.03 bits per heavy atom. The highest BCUT2D eigenvalue weighted by Gasteiger charge is 2.39. The molecule has 31 heavy (non-hydrogen) atoms. The summed E-state index contributed by atoms with van der Waals surface area (Å²) in [4.78, 5) is 24.7. The number of nitrogens with zero attached hydrogens (tertiary/aromatic N) is 1. The van der Waals surface area contributed by atoms with E-state index in [1.54, 1.807) is 5.01 Å². The van der Waals surface area contributed by atoms with E-state index in [2.05, 4.69) is 23.6 Å². The second-order valence-electron chi connectivity index (χ2n) is 7.62. The molecule has 0 unspecified atom stereocenters. The Labute approximate surface area is 182 Å². The van der Waals surface area contributed by atoms with Crippen molar-refractivity contribution in [1.82, 2.24) is 10.4 Å². The normalized spacial score (nSPS) is 19.2. The van der Waals surface area contributed by atoms with Crippen LogP contribution in [0.1, 0.15) is 36.4 Å². The fourth-order valence-electron chi connectivity index (χ4n) is 4.14. The molecular weight excluding hydrogens is 392 g/mol. The van der Waals surface area contributed by atoms with Gasteiger partial charge in [-0.15, -0.1) is 0 Å². The molecule has 1 N–H and O–H groups in total.